The Hall–Kier alpha value is -1.06. The predicted octanol–water partition coefficient (Wildman–Crippen LogP) is 3.17. The summed E-state index contributed by atoms with van der Waals surface area (Å²) in [5.74, 6) is 0.860. The smallest absolute Gasteiger partial charge is 0.170 e. The maximum absolute atomic E-state index is 5.23. The molecule has 0 saturated heterocycles. The topological polar surface area (TPSA) is 21.7 Å². The number of para-hydroxylation sites is 1. The second kappa shape index (κ2) is 6.03. The fraction of sp³-hybridized carbons (Fsp3) is 0.571. The van der Waals surface area contributed by atoms with Crippen molar-refractivity contribution in [3.63, 3.8) is 0 Å². The van der Waals surface area contributed by atoms with E-state index in [1.807, 2.05) is 12.1 Å². The van der Waals surface area contributed by atoms with Crippen molar-refractivity contribution in [1.29, 1.82) is 0 Å². The Morgan fingerprint density at radius 1 is 1.29 bits per heavy atom. The SMILES string of the molecule is CCCCN(CC)C1COOc2ccccc21. The van der Waals surface area contributed by atoms with E-state index in [-0.39, 0.29) is 0 Å². The van der Waals surface area contributed by atoms with Gasteiger partial charge in [0.25, 0.3) is 0 Å². The first-order valence-electron chi connectivity index (χ1n) is 6.49. The number of fused-ring (bicyclic) bond motifs is 1. The fourth-order valence-corrected chi connectivity index (χ4v) is 2.28. The second-order valence-electron chi connectivity index (χ2n) is 4.40. The van der Waals surface area contributed by atoms with Crippen molar-refractivity contribution in [2.45, 2.75) is 32.7 Å². The first kappa shape index (κ1) is 12.4. The molecule has 0 saturated carbocycles. The van der Waals surface area contributed by atoms with Gasteiger partial charge in [0.15, 0.2) is 5.75 Å². The number of unbranched alkanes of at least 4 members (excludes halogenated alkanes) is 1. The van der Waals surface area contributed by atoms with Gasteiger partial charge in [-0.05, 0) is 25.6 Å². The van der Waals surface area contributed by atoms with Crippen LogP contribution in [0.4, 0.5) is 0 Å². The minimum atomic E-state index is 0.330. The van der Waals surface area contributed by atoms with Crippen molar-refractivity contribution in [1.82, 2.24) is 4.90 Å². The standard InChI is InChI=1S/C14H21NO2/c1-3-5-10-15(4-2)13-11-16-17-14-9-7-6-8-12(13)14/h6-9,13H,3-5,10-11H2,1-2H3. The van der Waals surface area contributed by atoms with Crippen LogP contribution in [-0.2, 0) is 4.89 Å². The highest BCUT2D eigenvalue weighted by atomic mass is 17.2. The van der Waals surface area contributed by atoms with Crippen molar-refractivity contribution in [2.75, 3.05) is 19.7 Å². The van der Waals surface area contributed by atoms with E-state index < -0.39 is 0 Å². The molecule has 0 amide bonds. The highest BCUT2D eigenvalue weighted by Crippen LogP contribution is 2.33. The van der Waals surface area contributed by atoms with E-state index in [9.17, 15) is 0 Å². The number of hydrogen-bond acceptors (Lipinski definition) is 3. The Balaban J connectivity index is 2.15. The van der Waals surface area contributed by atoms with Crippen LogP contribution in [0.25, 0.3) is 0 Å². The Morgan fingerprint density at radius 3 is 2.88 bits per heavy atom. The molecule has 0 spiro atoms. The second-order valence-corrected chi connectivity index (χ2v) is 4.40. The molecule has 1 unspecified atom stereocenters. The van der Waals surface area contributed by atoms with Crippen LogP contribution in [0.15, 0.2) is 24.3 Å². The van der Waals surface area contributed by atoms with Crippen molar-refractivity contribution >= 4 is 0 Å². The molecule has 0 bridgehead atoms. The van der Waals surface area contributed by atoms with Crippen LogP contribution in [0.2, 0.25) is 0 Å². The van der Waals surface area contributed by atoms with Crippen LogP contribution in [0.3, 0.4) is 0 Å². The Bertz CT molecular complexity index is 354. The minimum absolute atomic E-state index is 0.330. The molecule has 1 aromatic rings. The van der Waals surface area contributed by atoms with Gasteiger partial charge in [-0.25, -0.2) is 0 Å². The number of hydrogen-bond donors (Lipinski definition) is 0. The molecular formula is C14H21NO2. The third kappa shape index (κ3) is 2.79. The summed E-state index contributed by atoms with van der Waals surface area (Å²) >= 11 is 0. The molecule has 17 heavy (non-hydrogen) atoms. The van der Waals surface area contributed by atoms with E-state index >= 15 is 0 Å². The molecule has 0 radical (unpaired) electrons. The first-order valence-corrected chi connectivity index (χ1v) is 6.49. The molecule has 0 fully saturated rings. The fourth-order valence-electron chi connectivity index (χ4n) is 2.28. The van der Waals surface area contributed by atoms with Gasteiger partial charge in [-0.2, -0.15) is 4.89 Å². The normalized spacial score (nSPS) is 18.9. The van der Waals surface area contributed by atoms with Crippen LogP contribution in [0.5, 0.6) is 5.75 Å². The Morgan fingerprint density at radius 2 is 2.12 bits per heavy atom. The molecule has 3 heteroatoms. The van der Waals surface area contributed by atoms with E-state index in [1.165, 1.54) is 18.4 Å². The third-order valence-electron chi connectivity index (χ3n) is 3.30. The molecule has 2 rings (SSSR count). The Kier molecular flexibility index (Phi) is 4.40. The van der Waals surface area contributed by atoms with Crippen molar-refractivity contribution in [3.8, 4) is 5.75 Å². The van der Waals surface area contributed by atoms with Gasteiger partial charge in [-0.1, -0.05) is 38.5 Å². The van der Waals surface area contributed by atoms with Crippen molar-refractivity contribution in [3.05, 3.63) is 29.8 Å². The van der Waals surface area contributed by atoms with Gasteiger partial charge in [-0.3, -0.25) is 4.90 Å². The zero-order valence-corrected chi connectivity index (χ0v) is 10.7. The Labute approximate surface area is 103 Å². The molecule has 0 aromatic heterocycles. The molecule has 1 aromatic carbocycles. The van der Waals surface area contributed by atoms with Crippen LogP contribution < -0.4 is 4.89 Å². The molecule has 0 aliphatic carbocycles. The monoisotopic (exact) mass is 235 g/mol. The van der Waals surface area contributed by atoms with E-state index in [2.05, 4.69) is 30.9 Å². The molecular weight excluding hydrogens is 214 g/mol. The summed E-state index contributed by atoms with van der Waals surface area (Å²) in [5.41, 5.74) is 1.25. The van der Waals surface area contributed by atoms with E-state index in [4.69, 9.17) is 9.78 Å². The number of nitrogens with zero attached hydrogens (tertiary/aromatic N) is 1. The average Bonchev–Trinajstić information content (AvgIpc) is 2.40. The highest BCUT2D eigenvalue weighted by molar-refractivity contribution is 5.36. The maximum Gasteiger partial charge on any atom is 0.170 e. The number of benzene rings is 1. The molecule has 1 aliphatic rings. The van der Waals surface area contributed by atoms with Crippen molar-refractivity contribution in [2.24, 2.45) is 0 Å². The van der Waals surface area contributed by atoms with Gasteiger partial charge >= 0.3 is 0 Å². The summed E-state index contributed by atoms with van der Waals surface area (Å²) < 4.78 is 0. The summed E-state index contributed by atoms with van der Waals surface area (Å²) in [6.45, 7) is 7.21. The number of rotatable bonds is 5. The lowest BCUT2D eigenvalue weighted by Gasteiger charge is -2.33. The van der Waals surface area contributed by atoms with Gasteiger partial charge in [0.2, 0.25) is 0 Å². The maximum atomic E-state index is 5.23. The van der Waals surface area contributed by atoms with Crippen LogP contribution >= 0.6 is 0 Å². The van der Waals surface area contributed by atoms with Crippen LogP contribution in [0.1, 0.15) is 38.3 Å². The van der Waals surface area contributed by atoms with Crippen molar-refractivity contribution < 1.29 is 9.78 Å². The summed E-state index contributed by atoms with van der Waals surface area (Å²) in [7, 11) is 0. The molecule has 1 aliphatic heterocycles. The van der Waals surface area contributed by atoms with Crippen LogP contribution in [-0.4, -0.2) is 24.6 Å². The van der Waals surface area contributed by atoms with E-state index in [0.29, 0.717) is 12.6 Å². The summed E-state index contributed by atoms with van der Waals surface area (Å²) in [6.07, 6.45) is 2.45. The quantitative estimate of drug-likeness (QED) is 0.732. The predicted molar refractivity (Wildman–Crippen MR) is 67.9 cm³/mol. The van der Waals surface area contributed by atoms with Gasteiger partial charge in [0, 0.05) is 5.56 Å². The van der Waals surface area contributed by atoms with Gasteiger partial charge < -0.3 is 4.89 Å². The number of likely N-dealkylation sites (N-methyl/N-ethyl adjacent to an activating group) is 1. The van der Waals surface area contributed by atoms with Gasteiger partial charge in [0.1, 0.15) is 6.61 Å². The molecule has 1 heterocycles. The molecule has 3 nitrogen and oxygen atoms in total. The lowest BCUT2D eigenvalue weighted by molar-refractivity contribution is -0.231. The zero-order chi connectivity index (χ0) is 12.1. The summed E-state index contributed by atoms with van der Waals surface area (Å²) in [4.78, 5) is 12.9. The van der Waals surface area contributed by atoms with Gasteiger partial charge in [-0.15, -0.1) is 0 Å². The third-order valence-corrected chi connectivity index (χ3v) is 3.30. The van der Waals surface area contributed by atoms with Crippen LogP contribution in [0, 0.1) is 0 Å². The zero-order valence-electron chi connectivity index (χ0n) is 10.7. The lowest BCUT2D eigenvalue weighted by atomic mass is 10.0. The molecule has 94 valence electrons. The first-order chi connectivity index (χ1) is 8.36. The van der Waals surface area contributed by atoms with E-state index in [0.717, 1.165) is 18.8 Å². The van der Waals surface area contributed by atoms with Gasteiger partial charge in [0.05, 0.1) is 6.04 Å². The summed E-state index contributed by atoms with van der Waals surface area (Å²) in [6, 6.07) is 8.48. The average molecular weight is 235 g/mol. The highest BCUT2D eigenvalue weighted by Gasteiger charge is 2.26. The largest absolute Gasteiger partial charge is 0.337 e. The van der Waals surface area contributed by atoms with E-state index in [1.54, 1.807) is 0 Å². The minimum Gasteiger partial charge on any atom is -0.337 e. The summed E-state index contributed by atoms with van der Waals surface area (Å²) in [5, 5.41) is 0. The lowest BCUT2D eigenvalue weighted by Crippen LogP contribution is -2.35. The molecule has 0 N–H and O–H groups in total. The molecule has 1 atom stereocenters.